The van der Waals surface area contributed by atoms with Crippen molar-refractivity contribution in [3.05, 3.63) is 28.0 Å². The third-order valence-corrected chi connectivity index (χ3v) is 1.95. The van der Waals surface area contributed by atoms with E-state index in [-0.39, 0.29) is 11.5 Å². The van der Waals surface area contributed by atoms with Gasteiger partial charge in [0.1, 0.15) is 4.92 Å². The summed E-state index contributed by atoms with van der Waals surface area (Å²) < 4.78 is 4.67. The molecule has 1 aromatic rings. The second-order valence-electron chi connectivity index (χ2n) is 3.20. The monoisotopic (exact) mass is 226 g/mol. The molecule has 0 aliphatic rings. The average Bonchev–Trinajstić information content (AvgIpc) is 2.65. The molecule has 1 aromatic heterocycles. The first-order valence-electron chi connectivity index (χ1n) is 4.47. The number of nitrogens with zero attached hydrogens (tertiary/aromatic N) is 1. The lowest BCUT2D eigenvalue weighted by atomic mass is 10.2. The highest BCUT2D eigenvalue weighted by Gasteiger charge is 2.19. The summed E-state index contributed by atoms with van der Waals surface area (Å²) in [6, 6.07) is 1.60. The molecule has 0 aliphatic carbocycles. The van der Waals surface area contributed by atoms with E-state index in [1.165, 1.54) is 19.9 Å². The summed E-state index contributed by atoms with van der Waals surface area (Å²) in [6.07, 6.45) is 0. The van der Waals surface area contributed by atoms with Crippen LogP contribution in [0.25, 0.3) is 0 Å². The predicted molar refractivity (Wildman–Crippen MR) is 53.0 cm³/mol. The van der Waals surface area contributed by atoms with Gasteiger partial charge in [-0.3, -0.25) is 19.7 Å². The van der Waals surface area contributed by atoms with E-state index in [1.807, 2.05) is 0 Å². The lowest BCUT2D eigenvalue weighted by Crippen LogP contribution is -2.37. The van der Waals surface area contributed by atoms with Crippen molar-refractivity contribution >= 4 is 17.6 Å². The van der Waals surface area contributed by atoms with Gasteiger partial charge in [-0.1, -0.05) is 0 Å². The van der Waals surface area contributed by atoms with E-state index >= 15 is 0 Å². The van der Waals surface area contributed by atoms with E-state index in [2.05, 4.69) is 9.73 Å². The molecule has 1 rings (SSSR count). The molecule has 1 heterocycles. The number of Topliss-reactive ketones (excluding diaryl/α,β-unsaturated/α-hetero) is 1. The minimum atomic E-state index is -0.745. The Bertz CT molecular complexity index is 437. The fourth-order valence-corrected chi connectivity index (χ4v) is 0.917. The van der Waals surface area contributed by atoms with Gasteiger partial charge < -0.3 is 9.73 Å². The van der Waals surface area contributed by atoms with Gasteiger partial charge in [-0.15, -0.1) is 0 Å². The zero-order valence-corrected chi connectivity index (χ0v) is 8.72. The molecule has 86 valence electrons. The summed E-state index contributed by atoms with van der Waals surface area (Å²) in [7, 11) is 0. The van der Waals surface area contributed by atoms with Crippen LogP contribution >= 0.6 is 0 Å². The molecular formula is C9H10N2O5. The topological polar surface area (TPSA) is 102 Å². The van der Waals surface area contributed by atoms with E-state index in [0.29, 0.717) is 0 Å². The molecular weight excluding hydrogens is 216 g/mol. The van der Waals surface area contributed by atoms with Gasteiger partial charge in [-0.25, -0.2) is 0 Å². The molecule has 0 bridgehead atoms. The van der Waals surface area contributed by atoms with E-state index < -0.39 is 22.8 Å². The first-order chi connectivity index (χ1) is 7.41. The predicted octanol–water partition coefficient (Wildman–Crippen LogP) is 0.895. The molecule has 0 aromatic carbocycles. The van der Waals surface area contributed by atoms with E-state index in [9.17, 15) is 19.7 Å². The van der Waals surface area contributed by atoms with Crippen LogP contribution in [0.2, 0.25) is 0 Å². The fourth-order valence-electron chi connectivity index (χ4n) is 0.917. The van der Waals surface area contributed by atoms with Crippen molar-refractivity contribution in [2.24, 2.45) is 0 Å². The summed E-state index contributed by atoms with van der Waals surface area (Å²) in [5, 5.41) is 12.6. The van der Waals surface area contributed by atoms with Gasteiger partial charge in [0.25, 0.3) is 5.91 Å². The SMILES string of the molecule is CC(=O)C(C)NC(=O)c1ccc([N+](=O)[O-])o1. The second-order valence-corrected chi connectivity index (χ2v) is 3.20. The maximum Gasteiger partial charge on any atom is 0.433 e. The van der Waals surface area contributed by atoms with Crippen LogP contribution in [0.5, 0.6) is 0 Å². The standard InChI is InChI=1S/C9H10N2O5/c1-5(6(2)12)10-9(13)7-3-4-8(16-7)11(14)15/h3-5H,1-2H3,(H,10,13). The normalized spacial score (nSPS) is 11.9. The Balaban J connectivity index is 2.73. The van der Waals surface area contributed by atoms with Crippen molar-refractivity contribution in [3.8, 4) is 0 Å². The summed E-state index contributed by atoms with van der Waals surface area (Å²) in [4.78, 5) is 31.8. The molecule has 1 N–H and O–H groups in total. The van der Waals surface area contributed by atoms with Gasteiger partial charge in [0.2, 0.25) is 0 Å². The zero-order valence-electron chi connectivity index (χ0n) is 8.72. The summed E-state index contributed by atoms with van der Waals surface area (Å²) >= 11 is 0. The quantitative estimate of drug-likeness (QED) is 0.606. The van der Waals surface area contributed by atoms with Crippen molar-refractivity contribution in [2.75, 3.05) is 0 Å². The van der Waals surface area contributed by atoms with Gasteiger partial charge in [0.05, 0.1) is 12.1 Å². The lowest BCUT2D eigenvalue weighted by Gasteiger charge is -2.07. The van der Waals surface area contributed by atoms with E-state index in [0.717, 1.165) is 6.07 Å². The van der Waals surface area contributed by atoms with Gasteiger partial charge in [-0.2, -0.15) is 0 Å². The van der Waals surface area contributed by atoms with Crippen LogP contribution in [0, 0.1) is 10.1 Å². The summed E-state index contributed by atoms with van der Waals surface area (Å²) in [5.74, 6) is -1.58. The van der Waals surface area contributed by atoms with Gasteiger partial charge in [0.15, 0.2) is 11.5 Å². The first kappa shape index (κ1) is 11.9. The number of nitrogens with one attached hydrogen (secondary N) is 1. The van der Waals surface area contributed by atoms with Gasteiger partial charge in [-0.05, 0) is 19.9 Å². The van der Waals surface area contributed by atoms with Crippen molar-refractivity contribution in [1.29, 1.82) is 0 Å². The molecule has 1 amide bonds. The van der Waals surface area contributed by atoms with Crippen LogP contribution in [-0.4, -0.2) is 22.7 Å². The molecule has 0 fully saturated rings. The Morgan fingerprint density at radius 2 is 2.12 bits per heavy atom. The van der Waals surface area contributed by atoms with Crippen LogP contribution in [0.4, 0.5) is 5.88 Å². The Morgan fingerprint density at radius 1 is 1.50 bits per heavy atom. The highest BCUT2D eigenvalue weighted by molar-refractivity contribution is 5.95. The number of hydrogen-bond donors (Lipinski definition) is 1. The third-order valence-electron chi connectivity index (χ3n) is 1.95. The Morgan fingerprint density at radius 3 is 2.56 bits per heavy atom. The molecule has 0 spiro atoms. The molecule has 7 nitrogen and oxygen atoms in total. The number of carbonyl (C=O) groups excluding carboxylic acids is 2. The minimum absolute atomic E-state index is 0.195. The van der Waals surface area contributed by atoms with Crippen molar-refractivity contribution in [2.45, 2.75) is 19.9 Å². The van der Waals surface area contributed by atoms with Crippen LogP contribution in [-0.2, 0) is 4.79 Å². The molecule has 1 unspecified atom stereocenters. The van der Waals surface area contributed by atoms with Crippen LogP contribution in [0.15, 0.2) is 16.5 Å². The number of nitro groups is 1. The minimum Gasteiger partial charge on any atom is -0.395 e. The maximum atomic E-state index is 11.4. The molecule has 16 heavy (non-hydrogen) atoms. The van der Waals surface area contributed by atoms with E-state index in [1.54, 1.807) is 0 Å². The number of amides is 1. The third kappa shape index (κ3) is 2.66. The molecule has 1 atom stereocenters. The zero-order chi connectivity index (χ0) is 12.3. The maximum absolute atomic E-state index is 11.4. The fraction of sp³-hybridized carbons (Fsp3) is 0.333. The smallest absolute Gasteiger partial charge is 0.395 e. The van der Waals surface area contributed by atoms with Crippen LogP contribution in [0.1, 0.15) is 24.4 Å². The first-order valence-corrected chi connectivity index (χ1v) is 4.47. The van der Waals surface area contributed by atoms with E-state index in [4.69, 9.17) is 0 Å². The molecule has 0 radical (unpaired) electrons. The summed E-state index contributed by atoms with van der Waals surface area (Å²) in [5.41, 5.74) is 0. The van der Waals surface area contributed by atoms with Crippen LogP contribution < -0.4 is 5.32 Å². The molecule has 0 aliphatic heterocycles. The molecule has 7 heteroatoms. The average molecular weight is 226 g/mol. The summed E-state index contributed by atoms with van der Waals surface area (Å²) in [6.45, 7) is 2.84. The molecule has 0 saturated carbocycles. The molecule has 0 saturated heterocycles. The number of furan rings is 1. The highest BCUT2D eigenvalue weighted by Crippen LogP contribution is 2.15. The Hall–Kier alpha value is -2.18. The van der Waals surface area contributed by atoms with Crippen molar-refractivity contribution in [1.82, 2.24) is 5.32 Å². The largest absolute Gasteiger partial charge is 0.433 e. The number of carbonyl (C=O) groups is 2. The van der Waals surface area contributed by atoms with Crippen molar-refractivity contribution in [3.63, 3.8) is 0 Å². The number of ketones is 1. The lowest BCUT2D eigenvalue weighted by molar-refractivity contribution is -0.402. The van der Waals surface area contributed by atoms with Crippen LogP contribution in [0.3, 0.4) is 0 Å². The second kappa shape index (κ2) is 4.56. The Kier molecular flexibility index (Phi) is 3.39. The Labute approximate surface area is 90.6 Å². The number of rotatable bonds is 4. The highest BCUT2D eigenvalue weighted by atomic mass is 16.6. The van der Waals surface area contributed by atoms with Crippen molar-refractivity contribution < 1.29 is 18.9 Å². The van der Waals surface area contributed by atoms with Gasteiger partial charge in [0, 0.05) is 0 Å². The number of hydrogen-bond acceptors (Lipinski definition) is 5. The van der Waals surface area contributed by atoms with Gasteiger partial charge >= 0.3 is 5.88 Å².